The van der Waals surface area contributed by atoms with E-state index in [0.717, 1.165) is 99.5 Å². The maximum absolute atomic E-state index is 5.23. The Labute approximate surface area is 420 Å². The number of para-hydroxylation sites is 2. The summed E-state index contributed by atoms with van der Waals surface area (Å²) in [5.74, 6) is 5.82. The highest BCUT2D eigenvalue weighted by Gasteiger charge is 2.24. The van der Waals surface area contributed by atoms with Crippen molar-refractivity contribution < 1.29 is 0 Å². The second kappa shape index (κ2) is 17.4. The van der Waals surface area contributed by atoms with Gasteiger partial charge in [-0.05, 0) is 113 Å². The molecule has 5 heterocycles. The van der Waals surface area contributed by atoms with Crippen molar-refractivity contribution in [1.82, 2.24) is 54.0 Å². The van der Waals surface area contributed by atoms with Gasteiger partial charge in [0.1, 0.15) is 23.3 Å². The van der Waals surface area contributed by atoms with Crippen molar-refractivity contribution in [3.05, 3.63) is 211 Å². The fraction of sp³-hybridized carbons (Fsp3) is 0.0806. The first-order valence-corrected chi connectivity index (χ1v) is 24.3. The average molecular weight is 944 g/mol. The summed E-state index contributed by atoms with van der Waals surface area (Å²) in [5, 5.41) is 4.41. The predicted octanol–water partition coefficient (Wildman–Crippen LogP) is 14.0. The quantitative estimate of drug-likeness (QED) is 0.146. The zero-order valence-corrected chi connectivity index (χ0v) is 40.7. The van der Waals surface area contributed by atoms with E-state index >= 15 is 0 Å². The van der Waals surface area contributed by atoms with Crippen LogP contribution in [-0.4, -0.2) is 54.0 Å². The van der Waals surface area contributed by atoms with E-state index in [0.29, 0.717) is 52.4 Å². The van der Waals surface area contributed by atoms with Gasteiger partial charge in [0.25, 0.3) is 0 Å². The molecule has 0 aliphatic rings. The summed E-state index contributed by atoms with van der Waals surface area (Å²) in [7, 11) is 0. The second-order valence-corrected chi connectivity index (χ2v) is 18.5. The summed E-state index contributed by atoms with van der Waals surface area (Å²) >= 11 is 0. The Morgan fingerprint density at radius 2 is 0.616 bits per heavy atom. The van der Waals surface area contributed by atoms with E-state index < -0.39 is 0 Å². The Morgan fingerprint density at radius 1 is 0.260 bits per heavy atom. The molecule has 0 aliphatic carbocycles. The Morgan fingerprint density at radius 3 is 1.10 bits per heavy atom. The predicted molar refractivity (Wildman–Crippen MR) is 292 cm³/mol. The Balaban J connectivity index is 1.09. The summed E-state index contributed by atoms with van der Waals surface area (Å²) < 4.78 is 4.78. The van der Waals surface area contributed by atoms with E-state index in [1.807, 2.05) is 88.4 Å². The van der Waals surface area contributed by atoms with Crippen molar-refractivity contribution >= 4 is 43.6 Å². The summed E-state index contributed by atoms with van der Waals surface area (Å²) in [4.78, 5) is 43.4. The molecule has 11 heteroatoms. The Bertz CT molecular complexity index is 4230. The third-order valence-electron chi connectivity index (χ3n) is 13.5. The van der Waals surface area contributed by atoms with Crippen LogP contribution in [0.5, 0.6) is 0 Å². The van der Waals surface area contributed by atoms with Crippen molar-refractivity contribution in [3.8, 4) is 79.4 Å². The topological polar surface area (TPSA) is 126 Å². The van der Waals surface area contributed by atoms with Gasteiger partial charge in [0, 0.05) is 60.5 Å². The van der Waals surface area contributed by atoms with Crippen LogP contribution in [0.1, 0.15) is 28.9 Å². The lowest BCUT2D eigenvalue weighted by molar-refractivity contribution is 0.928. The number of hydrogen-bond donors (Lipinski definition) is 0. The second-order valence-electron chi connectivity index (χ2n) is 18.5. The fourth-order valence-corrected chi connectivity index (χ4v) is 10.3. The molecule has 348 valence electrons. The molecular formula is C62H45N11. The first-order valence-electron chi connectivity index (χ1n) is 24.3. The Hall–Kier alpha value is -9.61. The minimum Gasteiger partial charge on any atom is -0.309 e. The maximum Gasteiger partial charge on any atom is 0.164 e. The molecule has 0 aliphatic heterocycles. The monoisotopic (exact) mass is 943 g/mol. The van der Waals surface area contributed by atoms with Crippen LogP contribution in [0.25, 0.3) is 123 Å². The molecule has 73 heavy (non-hydrogen) atoms. The number of rotatable bonds is 8. The highest BCUT2D eigenvalue weighted by molar-refractivity contribution is 6.12. The number of hydrogen-bond acceptors (Lipinski definition) is 9. The zero-order chi connectivity index (χ0) is 49.3. The molecule has 13 aromatic rings. The van der Waals surface area contributed by atoms with Gasteiger partial charge in [-0.2, -0.15) is 0 Å². The molecule has 0 fully saturated rings. The molecule has 0 saturated heterocycles. The molecule has 0 spiro atoms. The van der Waals surface area contributed by atoms with Gasteiger partial charge in [0.05, 0.1) is 33.4 Å². The van der Waals surface area contributed by atoms with Gasteiger partial charge in [-0.3, -0.25) is 0 Å². The molecule has 0 bridgehead atoms. The first kappa shape index (κ1) is 43.4. The average Bonchev–Trinajstić information content (AvgIpc) is 3.93. The molecule has 0 saturated carbocycles. The maximum atomic E-state index is 5.23. The molecular weight excluding hydrogens is 899 g/mol. The molecule has 0 radical (unpaired) electrons. The van der Waals surface area contributed by atoms with Crippen molar-refractivity contribution in [3.63, 3.8) is 0 Å². The molecule has 13 rings (SSSR count). The number of fused-ring (bicyclic) bond motifs is 6. The molecule has 5 aromatic heterocycles. The van der Waals surface area contributed by atoms with Crippen molar-refractivity contribution in [1.29, 1.82) is 0 Å². The number of aromatic nitrogens is 11. The number of nitrogens with zero attached hydrogens (tertiary/aromatic N) is 11. The minimum absolute atomic E-state index is 0.567. The normalized spacial score (nSPS) is 11.6. The molecule has 8 aromatic carbocycles. The first-order chi connectivity index (χ1) is 35.7. The van der Waals surface area contributed by atoms with Crippen LogP contribution >= 0.6 is 0 Å². The minimum atomic E-state index is 0.567. The van der Waals surface area contributed by atoms with Gasteiger partial charge in [-0.15, -0.1) is 0 Å². The highest BCUT2D eigenvalue weighted by atomic mass is 15.1. The van der Waals surface area contributed by atoms with E-state index in [1.54, 1.807) is 0 Å². The van der Waals surface area contributed by atoms with Gasteiger partial charge in [0.15, 0.2) is 29.1 Å². The largest absolute Gasteiger partial charge is 0.309 e. The molecule has 0 amide bonds. The number of benzene rings is 8. The van der Waals surface area contributed by atoms with Crippen LogP contribution in [0, 0.1) is 34.6 Å². The lowest BCUT2D eigenvalue weighted by atomic mass is 9.96. The SMILES string of the molecule is Cc1ccc(-n2c3ccccc3c3cc(-c4nc(C)nc(C)n4)ccc32)c(-c2cc(-c3nc(-c4ccccc4)nc(-c4ccccc4)n3)ccc2-n2c3ccccc3c3cc(-c4nc(C)nc(C)n4)ccc32)c1. The summed E-state index contributed by atoms with van der Waals surface area (Å²) in [6.45, 7) is 9.79. The third kappa shape index (κ3) is 7.66. The summed E-state index contributed by atoms with van der Waals surface area (Å²) in [5.41, 5.74) is 13.9. The zero-order valence-electron chi connectivity index (χ0n) is 40.7. The molecule has 0 N–H and O–H groups in total. The van der Waals surface area contributed by atoms with Gasteiger partial charge < -0.3 is 9.13 Å². The van der Waals surface area contributed by atoms with E-state index in [2.05, 4.69) is 147 Å². The van der Waals surface area contributed by atoms with Gasteiger partial charge in [-0.25, -0.2) is 44.9 Å². The fourth-order valence-electron chi connectivity index (χ4n) is 10.3. The van der Waals surface area contributed by atoms with Crippen LogP contribution in [0.2, 0.25) is 0 Å². The van der Waals surface area contributed by atoms with Crippen LogP contribution < -0.4 is 0 Å². The van der Waals surface area contributed by atoms with Crippen molar-refractivity contribution in [2.24, 2.45) is 0 Å². The Kier molecular flexibility index (Phi) is 10.3. The van der Waals surface area contributed by atoms with E-state index in [4.69, 9.17) is 34.9 Å². The van der Waals surface area contributed by atoms with Crippen LogP contribution in [0.4, 0.5) is 0 Å². The van der Waals surface area contributed by atoms with Crippen molar-refractivity contribution in [2.75, 3.05) is 0 Å². The van der Waals surface area contributed by atoms with Gasteiger partial charge >= 0.3 is 0 Å². The van der Waals surface area contributed by atoms with E-state index in [1.165, 1.54) is 0 Å². The summed E-state index contributed by atoms with van der Waals surface area (Å²) in [6.07, 6.45) is 0. The highest BCUT2D eigenvalue weighted by Crippen LogP contribution is 2.43. The van der Waals surface area contributed by atoms with Crippen LogP contribution in [-0.2, 0) is 0 Å². The third-order valence-corrected chi connectivity index (χ3v) is 13.5. The van der Waals surface area contributed by atoms with Gasteiger partial charge in [0.2, 0.25) is 0 Å². The number of aryl methyl sites for hydroxylation is 5. The standard InChI is InChI=1S/C62H45N11/c1-36-24-28-54(72-52-22-14-12-20-46(52)49-33-43(25-29-55(49)72)60-65-37(2)63-38(3)66-60)48(32-36)51-35-45(62-70-58(41-16-8-6-9-17-41)69-59(71-62)42-18-10-7-11-19-42)27-31-57(51)73-53-23-15-13-21-47(53)50-34-44(26-30-56(50)73)61-67-39(4)64-40(5)68-61/h6-35H,1-5H3. The molecule has 0 unspecified atom stereocenters. The van der Waals surface area contributed by atoms with Crippen LogP contribution in [0.15, 0.2) is 182 Å². The van der Waals surface area contributed by atoms with E-state index in [-0.39, 0.29) is 0 Å². The molecule has 0 atom stereocenters. The lowest BCUT2D eigenvalue weighted by Gasteiger charge is -2.20. The van der Waals surface area contributed by atoms with Crippen molar-refractivity contribution in [2.45, 2.75) is 34.6 Å². The smallest absolute Gasteiger partial charge is 0.164 e. The van der Waals surface area contributed by atoms with Crippen LogP contribution in [0.3, 0.4) is 0 Å². The van der Waals surface area contributed by atoms with Gasteiger partial charge in [-0.1, -0.05) is 109 Å². The molecule has 11 nitrogen and oxygen atoms in total. The van der Waals surface area contributed by atoms with E-state index in [9.17, 15) is 0 Å². The summed E-state index contributed by atoms with van der Waals surface area (Å²) in [6, 6.07) is 63.9. The lowest BCUT2D eigenvalue weighted by Crippen LogP contribution is -2.04.